The number of benzene rings is 1. The number of nitrogens with zero attached hydrogens (tertiary/aromatic N) is 3. The van der Waals surface area contributed by atoms with Gasteiger partial charge in [0.25, 0.3) is 5.91 Å². The second kappa shape index (κ2) is 8.27. The largest absolute Gasteiger partial charge is 0.444 e. The number of nitrogens with two attached hydrogens (primary N) is 2. The summed E-state index contributed by atoms with van der Waals surface area (Å²) >= 11 is 0. The molecule has 1 fully saturated rings. The number of carbonyl (C=O) groups is 1. The number of anilines is 3. The van der Waals surface area contributed by atoms with Gasteiger partial charge < -0.3 is 26.5 Å². The van der Waals surface area contributed by atoms with Crippen molar-refractivity contribution in [3.8, 4) is 11.3 Å². The third kappa shape index (κ3) is 4.35. The highest BCUT2D eigenvalue weighted by atomic mass is 16.3. The Morgan fingerprint density at radius 3 is 2.62 bits per heavy atom. The van der Waals surface area contributed by atoms with Gasteiger partial charge in [-0.05, 0) is 37.1 Å². The molecule has 4 rings (SSSR count). The van der Waals surface area contributed by atoms with Crippen LogP contribution in [0.4, 0.5) is 17.5 Å². The molecule has 1 aromatic carbocycles. The fraction of sp³-hybridized carbons (Fsp3) is 0.300. The summed E-state index contributed by atoms with van der Waals surface area (Å²) in [6.07, 6.45) is 8.65. The Kier molecular flexibility index (Phi) is 5.39. The van der Waals surface area contributed by atoms with Crippen LogP contribution in [0.25, 0.3) is 11.3 Å². The van der Waals surface area contributed by atoms with E-state index in [4.69, 9.17) is 15.9 Å². The predicted octanol–water partition coefficient (Wildman–Crippen LogP) is 2.66. The minimum atomic E-state index is -0.605. The highest BCUT2D eigenvalue weighted by Gasteiger charge is 2.23. The van der Waals surface area contributed by atoms with Crippen LogP contribution in [0.5, 0.6) is 0 Å². The lowest BCUT2D eigenvalue weighted by atomic mass is 9.91. The van der Waals surface area contributed by atoms with Crippen molar-refractivity contribution in [1.82, 2.24) is 15.0 Å². The van der Waals surface area contributed by atoms with Crippen LogP contribution in [0.15, 0.2) is 47.5 Å². The molecule has 0 saturated heterocycles. The van der Waals surface area contributed by atoms with Gasteiger partial charge in [-0.25, -0.2) is 9.97 Å². The average molecular weight is 393 g/mol. The van der Waals surface area contributed by atoms with E-state index in [1.54, 1.807) is 6.20 Å². The van der Waals surface area contributed by atoms with Crippen molar-refractivity contribution < 1.29 is 9.21 Å². The molecule has 2 atom stereocenters. The summed E-state index contributed by atoms with van der Waals surface area (Å²) in [5.41, 5.74) is 13.5. The van der Waals surface area contributed by atoms with Crippen LogP contribution in [0.3, 0.4) is 0 Å². The number of hydrogen-bond donors (Lipinski definition) is 4. The molecule has 1 aliphatic carbocycles. The van der Waals surface area contributed by atoms with Crippen LogP contribution in [0, 0.1) is 0 Å². The number of primary amides is 1. The fourth-order valence-electron chi connectivity index (χ4n) is 3.44. The molecule has 29 heavy (non-hydrogen) atoms. The van der Waals surface area contributed by atoms with Crippen molar-refractivity contribution in [3.63, 3.8) is 0 Å². The molecule has 9 heteroatoms. The zero-order chi connectivity index (χ0) is 20.2. The molecule has 0 spiro atoms. The predicted molar refractivity (Wildman–Crippen MR) is 110 cm³/mol. The molecule has 1 amide bonds. The Labute approximate surface area is 167 Å². The molecular weight excluding hydrogens is 370 g/mol. The number of amides is 1. The van der Waals surface area contributed by atoms with E-state index in [0.29, 0.717) is 17.5 Å². The van der Waals surface area contributed by atoms with E-state index in [-0.39, 0.29) is 17.6 Å². The molecule has 0 unspecified atom stereocenters. The first-order valence-electron chi connectivity index (χ1n) is 9.55. The van der Waals surface area contributed by atoms with Gasteiger partial charge in [0.15, 0.2) is 12.2 Å². The fourth-order valence-corrected chi connectivity index (χ4v) is 3.44. The van der Waals surface area contributed by atoms with Gasteiger partial charge in [-0.3, -0.25) is 4.79 Å². The summed E-state index contributed by atoms with van der Waals surface area (Å²) in [5, 5.41) is 6.44. The van der Waals surface area contributed by atoms with E-state index in [0.717, 1.165) is 36.9 Å². The molecule has 0 radical (unpaired) electrons. The molecule has 3 aromatic rings. The quantitative estimate of drug-likeness (QED) is 0.500. The average Bonchev–Trinajstić information content (AvgIpc) is 3.25. The molecule has 150 valence electrons. The maximum atomic E-state index is 11.8. The third-order valence-electron chi connectivity index (χ3n) is 5.05. The van der Waals surface area contributed by atoms with Crippen molar-refractivity contribution in [1.29, 1.82) is 0 Å². The highest BCUT2D eigenvalue weighted by molar-refractivity contribution is 5.98. The number of oxazole rings is 1. The zero-order valence-corrected chi connectivity index (χ0v) is 15.8. The lowest BCUT2D eigenvalue weighted by Crippen LogP contribution is -2.43. The number of hydrogen-bond acceptors (Lipinski definition) is 8. The normalized spacial score (nSPS) is 18.9. The molecular formula is C20H23N7O2. The molecule has 2 aromatic heterocycles. The minimum Gasteiger partial charge on any atom is -0.444 e. The van der Waals surface area contributed by atoms with Crippen LogP contribution >= 0.6 is 0 Å². The van der Waals surface area contributed by atoms with Gasteiger partial charge in [0.1, 0.15) is 11.4 Å². The standard InChI is InChI=1S/C20H23N7O2/c21-15-3-1-2-4-16(15)26-20-24-9-14(18(22)28)19(27-20)25-13-7-5-12(6-8-13)17-10-23-11-29-17/h5-11,15-16H,1-4,21H2,(H2,22,28)(H2,24,25,26,27)/t15-,16+/m0/s1. The van der Waals surface area contributed by atoms with Crippen LogP contribution < -0.4 is 22.1 Å². The SMILES string of the molecule is NC(=O)c1cnc(N[C@@H]2CCCC[C@@H]2N)nc1Nc1ccc(-c2cnco2)cc1. The highest BCUT2D eigenvalue weighted by Crippen LogP contribution is 2.25. The van der Waals surface area contributed by atoms with Gasteiger partial charge in [-0.1, -0.05) is 12.8 Å². The Bertz CT molecular complexity index is 973. The van der Waals surface area contributed by atoms with Crippen LogP contribution in [-0.4, -0.2) is 32.9 Å². The molecule has 6 N–H and O–H groups in total. The Morgan fingerprint density at radius 2 is 1.93 bits per heavy atom. The van der Waals surface area contributed by atoms with Crippen molar-refractivity contribution >= 4 is 23.4 Å². The second-order valence-electron chi connectivity index (χ2n) is 7.09. The number of nitrogens with one attached hydrogen (secondary N) is 2. The molecule has 0 bridgehead atoms. The van der Waals surface area contributed by atoms with Crippen molar-refractivity contribution in [2.45, 2.75) is 37.8 Å². The Balaban J connectivity index is 1.55. The van der Waals surface area contributed by atoms with E-state index in [1.807, 2.05) is 24.3 Å². The minimum absolute atomic E-state index is 0.0585. The van der Waals surface area contributed by atoms with E-state index >= 15 is 0 Å². The first-order valence-corrected chi connectivity index (χ1v) is 9.55. The van der Waals surface area contributed by atoms with Crippen molar-refractivity contribution in [2.75, 3.05) is 10.6 Å². The summed E-state index contributed by atoms with van der Waals surface area (Å²) < 4.78 is 5.29. The van der Waals surface area contributed by atoms with Gasteiger partial charge >= 0.3 is 0 Å². The molecule has 2 heterocycles. The number of rotatable bonds is 6. The lowest BCUT2D eigenvalue weighted by Gasteiger charge is -2.29. The third-order valence-corrected chi connectivity index (χ3v) is 5.05. The number of carbonyl (C=O) groups excluding carboxylic acids is 1. The lowest BCUT2D eigenvalue weighted by molar-refractivity contribution is 0.100. The van der Waals surface area contributed by atoms with Gasteiger partial charge in [-0.2, -0.15) is 4.98 Å². The zero-order valence-electron chi connectivity index (χ0n) is 15.8. The summed E-state index contributed by atoms with van der Waals surface area (Å²) in [5.74, 6) is 0.823. The second-order valence-corrected chi connectivity index (χ2v) is 7.09. The van der Waals surface area contributed by atoms with E-state index in [1.165, 1.54) is 12.6 Å². The van der Waals surface area contributed by atoms with Crippen LogP contribution in [-0.2, 0) is 0 Å². The first-order chi connectivity index (χ1) is 14.1. The maximum Gasteiger partial charge on any atom is 0.254 e. The monoisotopic (exact) mass is 393 g/mol. The van der Waals surface area contributed by atoms with Gasteiger partial charge in [0, 0.05) is 29.5 Å². The molecule has 0 aliphatic heterocycles. The van der Waals surface area contributed by atoms with Gasteiger partial charge in [0.2, 0.25) is 5.95 Å². The Morgan fingerprint density at radius 1 is 1.14 bits per heavy atom. The number of aromatic nitrogens is 3. The van der Waals surface area contributed by atoms with Crippen LogP contribution in [0.1, 0.15) is 36.0 Å². The summed E-state index contributed by atoms with van der Waals surface area (Å²) in [7, 11) is 0. The smallest absolute Gasteiger partial charge is 0.254 e. The summed E-state index contributed by atoms with van der Waals surface area (Å²) in [4.78, 5) is 24.4. The molecule has 9 nitrogen and oxygen atoms in total. The summed E-state index contributed by atoms with van der Waals surface area (Å²) in [6.45, 7) is 0. The molecule has 1 aliphatic rings. The maximum absolute atomic E-state index is 11.8. The van der Waals surface area contributed by atoms with Crippen molar-refractivity contribution in [3.05, 3.63) is 48.6 Å². The van der Waals surface area contributed by atoms with E-state index in [2.05, 4.69) is 25.6 Å². The van der Waals surface area contributed by atoms with Crippen LogP contribution in [0.2, 0.25) is 0 Å². The van der Waals surface area contributed by atoms with Gasteiger partial charge in [-0.15, -0.1) is 0 Å². The van der Waals surface area contributed by atoms with E-state index in [9.17, 15) is 4.79 Å². The van der Waals surface area contributed by atoms with E-state index < -0.39 is 5.91 Å². The van der Waals surface area contributed by atoms with Gasteiger partial charge in [0.05, 0.1) is 6.20 Å². The van der Waals surface area contributed by atoms with Crippen molar-refractivity contribution in [2.24, 2.45) is 11.5 Å². The Hall–Kier alpha value is -3.46. The molecule has 1 saturated carbocycles. The first kappa shape index (κ1) is 18.9. The summed E-state index contributed by atoms with van der Waals surface area (Å²) in [6, 6.07) is 7.65. The topological polar surface area (TPSA) is 145 Å².